The number of nitrogens with one attached hydrogen (secondary N) is 1. The maximum atomic E-state index is 10.4. The average molecular weight is 341 g/mol. The van der Waals surface area contributed by atoms with E-state index in [-0.39, 0.29) is 12.1 Å². The first kappa shape index (κ1) is 17.8. The molecule has 1 aliphatic carbocycles. The Bertz CT molecular complexity index is 701. The maximum Gasteiger partial charge on any atom is 0.161 e. The fourth-order valence-electron chi connectivity index (χ4n) is 3.31. The summed E-state index contributed by atoms with van der Waals surface area (Å²) in [5.41, 5.74) is 3.54. The zero-order valence-electron chi connectivity index (χ0n) is 15.0. The van der Waals surface area contributed by atoms with Gasteiger partial charge < -0.3 is 19.9 Å². The molecule has 2 N–H and O–H groups in total. The largest absolute Gasteiger partial charge is 0.490 e. The number of hydrogen-bond acceptors (Lipinski definition) is 4. The molecule has 0 aliphatic heterocycles. The summed E-state index contributed by atoms with van der Waals surface area (Å²) in [7, 11) is 0. The fourth-order valence-corrected chi connectivity index (χ4v) is 3.31. The van der Waals surface area contributed by atoms with E-state index in [1.165, 1.54) is 11.1 Å². The van der Waals surface area contributed by atoms with Gasteiger partial charge >= 0.3 is 0 Å². The van der Waals surface area contributed by atoms with Crippen LogP contribution >= 0.6 is 0 Å². The average Bonchev–Trinajstić information content (AvgIpc) is 2.94. The first-order valence-electron chi connectivity index (χ1n) is 9.10. The molecule has 0 unspecified atom stereocenters. The van der Waals surface area contributed by atoms with E-state index in [0.717, 1.165) is 23.5 Å². The minimum atomic E-state index is -0.379. The Morgan fingerprint density at radius 1 is 1.08 bits per heavy atom. The predicted molar refractivity (Wildman–Crippen MR) is 99.1 cm³/mol. The molecule has 0 fully saturated rings. The highest BCUT2D eigenvalue weighted by atomic mass is 16.5. The Labute approximate surface area is 149 Å². The van der Waals surface area contributed by atoms with Crippen molar-refractivity contribution in [1.82, 2.24) is 5.32 Å². The molecule has 0 heterocycles. The van der Waals surface area contributed by atoms with Gasteiger partial charge in [-0.3, -0.25) is 0 Å². The second-order valence-corrected chi connectivity index (χ2v) is 6.39. The molecule has 2 aromatic rings. The van der Waals surface area contributed by atoms with Crippen molar-refractivity contribution >= 4 is 0 Å². The van der Waals surface area contributed by atoms with Gasteiger partial charge in [0.1, 0.15) is 0 Å². The number of fused-ring (bicyclic) bond motifs is 1. The molecule has 25 heavy (non-hydrogen) atoms. The number of rotatable bonds is 8. The van der Waals surface area contributed by atoms with Crippen molar-refractivity contribution in [2.24, 2.45) is 0 Å². The predicted octanol–water partition coefficient (Wildman–Crippen LogP) is 3.62. The summed E-state index contributed by atoms with van der Waals surface area (Å²) in [6.45, 7) is 6.02. The third-order valence-corrected chi connectivity index (χ3v) is 4.50. The Morgan fingerprint density at radius 3 is 2.72 bits per heavy atom. The number of ether oxygens (including phenoxy) is 2. The molecule has 0 bridgehead atoms. The van der Waals surface area contributed by atoms with E-state index in [1.54, 1.807) is 0 Å². The van der Waals surface area contributed by atoms with Crippen LogP contribution in [-0.2, 0) is 13.0 Å². The molecule has 0 saturated carbocycles. The normalized spacial score (nSPS) is 18.8. The van der Waals surface area contributed by atoms with Gasteiger partial charge in [0, 0.05) is 13.0 Å². The summed E-state index contributed by atoms with van der Waals surface area (Å²) in [4.78, 5) is 0. The van der Waals surface area contributed by atoms with Gasteiger partial charge in [-0.2, -0.15) is 0 Å². The summed E-state index contributed by atoms with van der Waals surface area (Å²) < 4.78 is 11.5. The minimum absolute atomic E-state index is 0.0252. The lowest BCUT2D eigenvalue weighted by Gasteiger charge is -2.19. The van der Waals surface area contributed by atoms with E-state index in [1.807, 2.05) is 37.3 Å². The highest BCUT2D eigenvalue weighted by Crippen LogP contribution is 2.32. The summed E-state index contributed by atoms with van der Waals surface area (Å²) in [5, 5.41) is 13.9. The van der Waals surface area contributed by atoms with Crippen LogP contribution in [0.2, 0.25) is 0 Å². The molecule has 0 spiro atoms. The van der Waals surface area contributed by atoms with Crippen molar-refractivity contribution in [2.75, 3.05) is 13.2 Å². The topological polar surface area (TPSA) is 50.7 Å². The zero-order chi connectivity index (χ0) is 17.6. The molecule has 2 atom stereocenters. The van der Waals surface area contributed by atoms with Crippen LogP contribution in [-0.4, -0.2) is 24.4 Å². The van der Waals surface area contributed by atoms with Gasteiger partial charge in [0.15, 0.2) is 11.5 Å². The Morgan fingerprint density at radius 2 is 1.92 bits per heavy atom. The van der Waals surface area contributed by atoms with E-state index in [9.17, 15) is 5.11 Å². The molecular weight excluding hydrogens is 314 g/mol. The van der Waals surface area contributed by atoms with Crippen LogP contribution in [0.25, 0.3) is 0 Å². The molecule has 2 aromatic carbocycles. The molecule has 1 aliphatic rings. The molecule has 0 radical (unpaired) electrons. The third-order valence-electron chi connectivity index (χ3n) is 4.50. The van der Waals surface area contributed by atoms with Crippen molar-refractivity contribution in [3.05, 3.63) is 59.2 Å². The molecule has 0 saturated heterocycles. The quantitative estimate of drug-likeness (QED) is 0.770. The monoisotopic (exact) mass is 341 g/mol. The molecular formula is C21H27NO3. The zero-order valence-corrected chi connectivity index (χ0v) is 15.0. The molecule has 0 amide bonds. The minimum Gasteiger partial charge on any atom is -0.490 e. The molecule has 3 rings (SSSR count). The van der Waals surface area contributed by atoms with Gasteiger partial charge in [-0.15, -0.1) is 0 Å². The molecule has 4 heteroatoms. The van der Waals surface area contributed by atoms with Crippen molar-refractivity contribution in [2.45, 2.75) is 45.4 Å². The van der Waals surface area contributed by atoms with Crippen molar-refractivity contribution in [3.63, 3.8) is 0 Å². The summed E-state index contributed by atoms with van der Waals surface area (Å²) in [5.74, 6) is 1.57. The van der Waals surface area contributed by atoms with Gasteiger partial charge in [0.25, 0.3) is 0 Å². The first-order chi connectivity index (χ1) is 12.2. The SMILES string of the molecule is CCCOc1ccc(CN[C@H]2c3ccccc3C[C@H]2O)cc1OCC. The lowest BCUT2D eigenvalue weighted by molar-refractivity contribution is 0.140. The van der Waals surface area contributed by atoms with Gasteiger partial charge in [-0.1, -0.05) is 37.3 Å². The summed E-state index contributed by atoms with van der Waals surface area (Å²) in [6.07, 6.45) is 1.30. The van der Waals surface area contributed by atoms with Gasteiger partial charge in [-0.05, 0) is 42.2 Å². The van der Waals surface area contributed by atoms with E-state index in [2.05, 4.69) is 24.4 Å². The highest BCUT2D eigenvalue weighted by Gasteiger charge is 2.30. The first-order valence-corrected chi connectivity index (χ1v) is 9.10. The number of aliphatic hydroxyl groups excluding tert-OH is 1. The fraction of sp³-hybridized carbons (Fsp3) is 0.429. The van der Waals surface area contributed by atoms with Crippen molar-refractivity contribution < 1.29 is 14.6 Å². The van der Waals surface area contributed by atoms with Crippen LogP contribution in [0.1, 0.15) is 43.0 Å². The van der Waals surface area contributed by atoms with Crippen LogP contribution in [0.4, 0.5) is 0 Å². The molecule has 0 aromatic heterocycles. The van der Waals surface area contributed by atoms with E-state index in [4.69, 9.17) is 9.47 Å². The Hall–Kier alpha value is -2.04. The highest BCUT2D eigenvalue weighted by molar-refractivity contribution is 5.43. The maximum absolute atomic E-state index is 10.4. The van der Waals surface area contributed by atoms with Crippen molar-refractivity contribution in [3.8, 4) is 11.5 Å². The smallest absolute Gasteiger partial charge is 0.161 e. The van der Waals surface area contributed by atoms with Crippen molar-refractivity contribution in [1.29, 1.82) is 0 Å². The number of benzene rings is 2. The lowest BCUT2D eigenvalue weighted by Crippen LogP contribution is -2.28. The number of aliphatic hydroxyl groups is 1. The van der Waals surface area contributed by atoms with Gasteiger partial charge in [-0.25, -0.2) is 0 Å². The standard InChI is InChI=1S/C21H27NO3/c1-3-11-25-19-10-9-15(12-20(19)24-4-2)14-22-21-17-8-6-5-7-16(17)13-18(21)23/h5-10,12,18,21-23H,3-4,11,13-14H2,1-2H3/t18-,21+/m1/s1. The van der Waals surface area contributed by atoms with Gasteiger partial charge in [0.2, 0.25) is 0 Å². The number of hydrogen-bond donors (Lipinski definition) is 2. The van der Waals surface area contributed by atoms with E-state index >= 15 is 0 Å². The summed E-state index contributed by atoms with van der Waals surface area (Å²) >= 11 is 0. The van der Waals surface area contributed by atoms with Crippen LogP contribution in [0, 0.1) is 0 Å². The van der Waals surface area contributed by atoms with Crippen LogP contribution in [0.5, 0.6) is 11.5 Å². The van der Waals surface area contributed by atoms with Crippen LogP contribution in [0.3, 0.4) is 0 Å². The third kappa shape index (κ3) is 4.14. The van der Waals surface area contributed by atoms with E-state index in [0.29, 0.717) is 26.2 Å². The van der Waals surface area contributed by atoms with Crippen LogP contribution in [0.15, 0.2) is 42.5 Å². The lowest BCUT2D eigenvalue weighted by atomic mass is 10.1. The molecule has 134 valence electrons. The summed E-state index contributed by atoms with van der Waals surface area (Å²) in [6, 6.07) is 14.3. The van der Waals surface area contributed by atoms with E-state index < -0.39 is 0 Å². The second-order valence-electron chi connectivity index (χ2n) is 6.39. The Balaban J connectivity index is 1.70. The van der Waals surface area contributed by atoms with Crippen LogP contribution < -0.4 is 14.8 Å². The second kappa shape index (κ2) is 8.37. The Kier molecular flexibility index (Phi) is 5.95. The van der Waals surface area contributed by atoms with Gasteiger partial charge in [0.05, 0.1) is 25.4 Å². The molecule has 4 nitrogen and oxygen atoms in total.